The summed E-state index contributed by atoms with van der Waals surface area (Å²) in [6.45, 7) is 5.42. The van der Waals surface area contributed by atoms with E-state index in [-0.39, 0.29) is 0 Å². The lowest BCUT2D eigenvalue weighted by atomic mass is 9.83. The van der Waals surface area contributed by atoms with E-state index in [1.165, 1.54) is 30.6 Å². The van der Waals surface area contributed by atoms with Crippen LogP contribution < -0.4 is 10.0 Å². The second-order valence-corrected chi connectivity index (χ2v) is 8.70. The van der Waals surface area contributed by atoms with Crippen LogP contribution in [0.3, 0.4) is 0 Å². The van der Waals surface area contributed by atoms with E-state index in [9.17, 15) is 8.42 Å². The summed E-state index contributed by atoms with van der Waals surface area (Å²) < 4.78 is 27.4. The second kappa shape index (κ2) is 7.02. The molecule has 0 aliphatic heterocycles. The van der Waals surface area contributed by atoms with E-state index in [4.69, 9.17) is 0 Å². The predicted octanol–water partition coefficient (Wildman–Crippen LogP) is 2.71. The van der Waals surface area contributed by atoms with Gasteiger partial charge in [-0.15, -0.1) is 11.3 Å². The van der Waals surface area contributed by atoms with E-state index in [2.05, 4.69) is 23.9 Å². The van der Waals surface area contributed by atoms with Crippen LogP contribution in [0.5, 0.6) is 0 Å². The van der Waals surface area contributed by atoms with Gasteiger partial charge in [0.2, 0.25) is 10.0 Å². The summed E-state index contributed by atoms with van der Waals surface area (Å²) in [5, 5.41) is 5.20. The first-order valence-corrected chi connectivity index (χ1v) is 9.64. The van der Waals surface area contributed by atoms with E-state index in [0.717, 1.165) is 17.9 Å². The molecule has 0 radical (unpaired) electrons. The standard InChI is InChI=1S/C14H24N2O2S2/c1-11(2)15-9-13-8-14(19-10-13)20(17,18)16-7-6-12-4-3-5-12/h8,10-12,15-16H,3-7,9H2,1-2H3. The first-order valence-electron chi connectivity index (χ1n) is 7.28. The van der Waals surface area contributed by atoms with Gasteiger partial charge in [0.05, 0.1) is 0 Å². The van der Waals surface area contributed by atoms with Gasteiger partial charge in [-0.1, -0.05) is 33.1 Å². The third-order valence-corrected chi connectivity index (χ3v) is 6.63. The van der Waals surface area contributed by atoms with Crippen molar-refractivity contribution in [1.29, 1.82) is 0 Å². The Morgan fingerprint density at radius 3 is 2.75 bits per heavy atom. The summed E-state index contributed by atoms with van der Waals surface area (Å²) in [5.41, 5.74) is 1.03. The molecule has 0 aromatic carbocycles. The van der Waals surface area contributed by atoms with Gasteiger partial charge in [-0.05, 0) is 29.3 Å². The summed E-state index contributed by atoms with van der Waals surface area (Å²) in [7, 11) is -3.32. The van der Waals surface area contributed by atoms with Crippen molar-refractivity contribution in [3.63, 3.8) is 0 Å². The summed E-state index contributed by atoms with van der Waals surface area (Å²) in [6, 6.07) is 2.17. The molecule has 0 bridgehead atoms. The van der Waals surface area contributed by atoms with Crippen molar-refractivity contribution in [1.82, 2.24) is 10.0 Å². The maximum atomic E-state index is 12.2. The zero-order valence-corrected chi connectivity index (χ0v) is 13.8. The highest BCUT2D eigenvalue weighted by atomic mass is 32.2. The second-order valence-electron chi connectivity index (χ2n) is 5.79. The number of rotatable bonds is 8. The molecule has 0 atom stereocenters. The monoisotopic (exact) mass is 316 g/mol. The first kappa shape index (κ1) is 15.9. The van der Waals surface area contributed by atoms with Crippen molar-refractivity contribution in [2.24, 2.45) is 5.92 Å². The number of hydrogen-bond acceptors (Lipinski definition) is 4. The minimum atomic E-state index is -3.32. The van der Waals surface area contributed by atoms with E-state index >= 15 is 0 Å². The van der Waals surface area contributed by atoms with Crippen LogP contribution in [0.1, 0.15) is 45.1 Å². The van der Waals surface area contributed by atoms with Gasteiger partial charge in [-0.3, -0.25) is 0 Å². The lowest BCUT2D eigenvalue weighted by Crippen LogP contribution is -2.27. The number of nitrogens with one attached hydrogen (secondary N) is 2. The molecule has 114 valence electrons. The van der Waals surface area contributed by atoms with Crippen LogP contribution in [0.2, 0.25) is 0 Å². The minimum Gasteiger partial charge on any atom is -0.310 e. The lowest BCUT2D eigenvalue weighted by molar-refractivity contribution is 0.297. The van der Waals surface area contributed by atoms with Crippen LogP contribution in [0.4, 0.5) is 0 Å². The zero-order chi connectivity index (χ0) is 14.6. The molecule has 1 aliphatic carbocycles. The fourth-order valence-electron chi connectivity index (χ4n) is 2.16. The third-order valence-electron chi connectivity index (χ3n) is 3.68. The minimum absolute atomic E-state index is 0.399. The fourth-order valence-corrected chi connectivity index (χ4v) is 4.46. The third kappa shape index (κ3) is 4.55. The quantitative estimate of drug-likeness (QED) is 0.775. The molecule has 1 aliphatic rings. The Bertz CT molecular complexity index is 519. The summed E-state index contributed by atoms with van der Waals surface area (Å²) in [5.74, 6) is 0.729. The van der Waals surface area contributed by atoms with Gasteiger partial charge in [0, 0.05) is 19.1 Å². The van der Waals surface area contributed by atoms with E-state index < -0.39 is 10.0 Å². The van der Waals surface area contributed by atoms with Gasteiger partial charge in [0.25, 0.3) is 0 Å². The highest BCUT2D eigenvalue weighted by Gasteiger charge is 2.20. The molecule has 1 aromatic rings. The molecule has 6 heteroatoms. The predicted molar refractivity (Wildman–Crippen MR) is 83.4 cm³/mol. The molecule has 0 amide bonds. The van der Waals surface area contributed by atoms with Crippen molar-refractivity contribution in [3.8, 4) is 0 Å². The zero-order valence-electron chi connectivity index (χ0n) is 12.2. The van der Waals surface area contributed by atoms with Crippen LogP contribution >= 0.6 is 11.3 Å². The van der Waals surface area contributed by atoms with Crippen molar-refractivity contribution in [2.75, 3.05) is 6.54 Å². The van der Waals surface area contributed by atoms with Crippen molar-refractivity contribution < 1.29 is 8.42 Å². The Hall–Kier alpha value is -0.430. The molecule has 4 nitrogen and oxygen atoms in total. The van der Waals surface area contributed by atoms with Gasteiger partial charge < -0.3 is 5.32 Å². The molecule has 2 rings (SSSR count). The smallest absolute Gasteiger partial charge is 0.250 e. The average molecular weight is 316 g/mol. The Labute approximate surface area is 126 Å². The average Bonchev–Trinajstić information content (AvgIpc) is 2.79. The summed E-state index contributed by atoms with van der Waals surface area (Å²) in [6.07, 6.45) is 4.78. The molecule has 1 aromatic heterocycles. The maximum Gasteiger partial charge on any atom is 0.250 e. The molecule has 1 heterocycles. The highest BCUT2D eigenvalue weighted by molar-refractivity contribution is 7.91. The lowest BCUT2D eigenvalue weighted by Gasteiger charge is -2.24. The molecule has 0 spiro atoms. The Balaban J connectivity index is 1.84. The Kier molecular flexibility index (Phi) is 5.60. The van der Waals surface area contributed by atoms with Gasteiger partial charge >= 0.3 is 0 Å². The highest BCUT2D eigenvalue weighted by Crippen LogP contribution is 2.29. The summed E-state index contributed by atoms with van der Waals surface area (Å²) >= 11 is 1.30. The molecular formula is C14H24N2O2S2. The Morgan fingerprint density at radius 1 is 1.40 bits per heavy atom. The van der Waals surface area contributed by atoms with Crippen LogP contribution in [0, 0.1) is 5.92 Å². The topological polar surface area (TPSA) is 58.2 Å². The molecular weight excluding hydrogens is 292 g/mol. The van der Waals surface area contributed by atoms with Crippen molar-refractivity contribution in [3.05, 3.63) is 17.0 Å². The van der Waals surface area contributed by atoms with Crippen LogP contribution in [-0.2, 0) is 16.6 Å². The van der Waals surface area contributed by atoms with Crippen LogP contribution in [0.25, 0.3) is 0 Å². The molecule has 1 saturated carbocycles. The Morgan fingerprint density at radius 2 is 2.15 bits per heavy atom. The molecule has 0 unspecified atom stereocenters. The molecule has 2 N–H and O–H groups in total. The summed E-state index contributed by atoms with van der Waals surface area (Å²) in [4.78, 5) is 0. The van der Waals surface area contributed by atoms with Gasteiger partial charge in [-0.2, -0.15) is 0 Å². The first-order chi connectivity index (χ1) is 9.47. The number of thiophene rings is 1. The van der Waals surface area contributed by atoms with Gasteiger partial charge in [-0.25, -0.2) is 13.1 Å². The largest absolute Gasteiger partial charge is 0.310 e. The normalized spacial score (nSPS) is 16.6. The molecule has 0 saturated heterocycles. The van der Waals surface area contributed by atoms with Gasteiger partial charge in [0.15, 0.2) is 0 Å². The maximum absolute atomic E-state index is 12.2. The SMILES string of the molecule is CC(C)NCc1csc(S(=O)(=O)NCCC2CCC2)c1. The van der Waals surface area contributed by atoms with Gasteiger partial charge in [0.1, 0.15) is 4.21 Å². The van der Waals surface area contributed by atoms with Crippen LogP contribution in [0.15, 0.2) is 15.7 Å². The van der Waals surface area contributed by atoms with Crippen molar-refractivity contribution in [2.45, 2.75) is 56.3 Å². The number of hydrogen-bond donors (Lipinski definition) is 2. The van der Waals surface area contributed by atoms with E-state index in [1.807, 2.05) is 5.38 Å². The van der Waals surface area contributed by atoms with E-state index in [1.54, 1.807) is 6.07 Å². The van der Waals surface area contributed by atoms with Crippen LogP contribution in [-0.4, -0.2) is 21.0 Å². The van der Waals surface area contributed by atoms with Crippen molar-refractivity contribution >= 4 is 21.4 Å². The molecule has 1 fully saturated rings. The van der Waals surface area contributed by atoms with E-state index in [0.29, 0.717) is 23.3 Å². The number of sulfonamides is 1. The fraction of sp³-hybridized carbons (Fsp3) is 0.714. The molecule has 20 heavy (non-hydrogen) atoms.